The van der Waals surface area contributed by atoms with Crippen molar-refractivity contribution in [1.82, 2.24) is 15.5 Å². The molecule has 8 heteroatoms. The van der Waals surface area contributed by atoms with Gasteiger partial charge >= 0.3 is 5.97 Å². The second kappa shape index (κ2) is 8.98. The highest BCUT2D eigenvalue weighted by Crippen LogP contribution is 2.19. The molecule has 0 aliphatic carbocycles. The Morgan fingerprint density at radius 2 is 2.04 bits per heavy atom. The fraction of sp³-hybridized carbons (Fsp3) is 0.444. The number of benzene rings is 1. The number of para-hydroxylation sites is 1. The van der Waals surface area contributed by atoms with Crippen LogP contribution in [0.15, 0.2) is 28.8 Å². The lowest BCUT2D eigenvalue weighted by molar-refractivity contribution is -0.142. The molecule has 2 rings (SSSR count). The fourth-order valence-corrected chi connectivity index (χ4v) is 2.47. The van der Waals surface area contributed by atoms with Crippen molar-refractivity contribution in [3.63, 3.8) is 0 Å². The smallest absolute Gasteiger partial charge is 0.308 e. The maximum absolute atomic E-state index is 12.5. The second-order valence-electron chi connectivity index (χ2n) is 6.39. The first-order chi connectivity index (χ1) is 12.4. The standard InChI is InChI=1S/C18H23N3O5/c1-11(2)8-13(18(23)24)9-19-17(22)14-6-4-5-7-15(14)25-10-16-20-12(3)26-21-16/h4-7,11,13H,8-10H2,1-3H3,(H,19,22)(H,23,24). The Hall–Kier alpha value is -2.90. The highest BCUT2D eigenvalue weighted by molar-refractivity contribution is 5.97. The van der Waals surface area contributed by atoms with Gasteiger partial charge in [-0.3, -0.25) is 9.59 Å². The van der Waals surface area contributed by atoms with Gasteiger partial charge in [0.2, 0.25) is 11.7 Å². The molecule has 2 N–H and O–H groups in total. The van der Waals surface area contributed by atoms with E-state index in [1.54, 1.807) is 31.2 Å². The van der Waals surface area contributed by atoms with E-state index in [9.17, 15) is 14.7 Å². The molecule has 1 amide bonds. The zero-order chi connectivity index (χ0) is 19.1. The largest absolute Gasteiger partial charge is 0.485 e. The van der Waals surface area contributed by atoms with Crippen molar-refractivity contribution in [2.45, 2.75) is 33.8 Å². The van der Waals surface area contributed by atoms with Crippen LogP contribution in [0.5, 0.6) is 5.75 Å². The number of carboxylic acids is 1. The number of aryl methyl sites for hydroxylation is 1. The first-order valence-electron chi connectivity index (χ1n) is 8.38. The van der Waals surface area contributed by atoms with Gasteiger partial charge in [0.25, 0.3) is 5.91 Å². The zero-order valence-corrected chi connectivity index (χ0v) is 15.1. The Kier molecular flexibility index (Phi) is 6.71. The van der Waals surface area contributed by atoms with E-state index in [1.165, 1.54) is 0 Å². The van der Waals surface area contributed by atoms with E-state index in [0.29, 0.717) is 29.4 Å². The summed E-state index contributed by atoms with van der Waals surface area (Å²) in [6, 6.07) is 6.73. The van der Waals surface area contributed by atoms with Gasteiger partial charge in [0.05, 0.1) is 11.5 Å². The average molecular weight is 361 g/mol. The van der Waals surface area contributed by atoms with Crippen molar-refractivity contribution in [3.05, 3.63) is 41.5 Å². The molecule has 0 spiro atoms. The van der Waals surface area contributed by atoms with Gasteiger partial charge in [-0.25, -0.2) is 0 Å². The van der Waals surface area contributed by atoms with Crippen LogP contribution in [-0.2, 0) is 11.4 Å². The Labute approximate surface area is 151 Å². The molecular formula is C18H23N3O5. The minimum absolute atomic E-state index is 0.0602. The van der Waals surface area contributed by atoms with Gasteiger partial charge in [-0.1, -0.05) is 31.1 Å². The summed E-state index contributed by atoms with van der Waals surface area (Å²) in [5, 5.41) is 15.7. The molecule has 1 aromatic heterocycles. The van der Waals surface area contributed by atoms with Crippen molar-refractivity contribution in [1.29, 1.82) is 0 Å². The van der Waals surface area contributed by atoms with Crippen molar-refractivity contribution in [3.8, 4) is 5.75 Å². The minimum Gasteiger partial charge on any atom is -0.485 e. The quantitative estimate of drug-likeness (QED) is 0.705. The Morgan fingerprint density at radius 1 is 1.31 bits per heavy atom. The third-order valence-corrected chi connectivity index (χ3v) is 3.67. The summed E-state index contributed by atoms with van der Waals surface area (Å²) in [5.74, 6) is -0.546. The molecule has 2 aromatic rings. The molecule has 0 aliphatic rings. The number of carboxylic acid groups (broad SMARTS) is 1. The first-order valence-corrected chi connectivity index (χ1v) is 8.38. The predicted molar refractivity (Wildman–Crippen MR) is 92.7 cm³/mol. The van der Waals surface area contributed by atoms with Crippen LogP contribution in [-0.4, -0.2) is 33.7 Å². The molecule has 26 heavy (non-hydrogen) atoms. The van der Waals surface area contributed by atoms with E-state index in [0.717, 1.165) is 0 Å². The van der Waals surface area contributed by atoms with E-state index in [1.807, 2.05) is 13.8 Å². The van der Waals surface area contributed by atoms with Crippen molar-refractivity contribution in [2.75, 3.05) is 6.54 Å². The lowest BCUT2D eigenvalue weighted by Gasteiger charge is -2.16. The summed E-state index contributed by atoms with van der Waals surface area (Å²) in [6.07, 6.45) is 0.491. The highest BCUT2D eigenvalue weighted by Gasteiger charge is 2.21. The summed E-state index contributed by atoms with van der Waals surface area (Å²) in [6.45, 7) is 5.69. The van der Waals surface area contributed by atoms with Gasteiger partial charge in [-0.2, -0.15) is 4.98 Å². The molecule has 0 aliphatic heterocycles. The predicted octanol–water partition coefficient (Wildman–Crippen LogP) is 2.43. The van der Waals surface area contributed by atoms with Crippen LogP contribution in [0.4, 0.5) is 0 Å². The van der Waals surface area contributed by atoms with Crippen LogP contribution < -0.4 is 10.1 Å². The molecule has 140 valence electrons. The van der Waals surface area contributed by atoms with Gasteiger partial charge in [-0.05, 0) is 24.5 Å². The third-order valence-electron chi connectivity index (χ3n) is 3.67. The molecule has 1 atom stereocenters. The number of hydrogen-bond donors (Lipinski definition) is 2. The zero-order valence-electron chi connectivity index (χ0n) is 15.1. The van der Waals surface area contributed by atoms with E-state index >= 15 is 0 Å². The van der Waals surface area contributed by atoms with Gasteiger partial charge in [0.15, 0.2) is 6.61 Å². The number of ether oxygens (including phenoxy) is 1. The maximum Gasteiger partial charge on any atom is 0.308 e. The lowest BCUT2D eigenvalue weighted by atomic mass is 9.97. The van der Waals surface area contributed by atoms with Gasteiger partial charge < -0.3 is 19.7 Å². The Bertz CT molecular complexity index is 757. The van der Waals surface area contributed by atoms with Crippen LogP contribution in [0, 0.1) is 18.8 Å². The molecule has 0 radical (unpaired) electrons. The van der Waals surface area contributed by atoms with Crippen LogP contribution >= 0.6 is 0 Å². The van der Waals surface area contributed by atoms with E-state index in [-0.39, 0.29) is 25.0 Å². The van der Waals surface area contributed by atoms with Crippen molar-refractivity contribution >= 4 is 11.9 Å². The number of aliphatic carboxylic acids is 1. The highest BCUT2D eigenvalue weighted by atomic mass is 16.5. The molecular weight excluding hydrogens is 338 g/mol. The second-order valence-corrected chi connectivity index (χ2v) is 6.39. The van der Waals surface area contributed by atoms with Crippen molar-refractivity contribution in [2.24, 2.45) is 11.8 Å². The number of carbonyl (C=O) groups is 2. The molecule has 1 unspecified atom stereocenters. The monoisotopic (exact) mass is 361 g/mol. The molecule has 0 saturated heterocycles. The van der Waals surface area contributed by atoms with Crippen LogP contribution in [0.3, 0.4) is 0 Å². The van der Waals surface area contributed by atoms with Crippen LogP contribution in [0.25, 0.3) is 0 Å². The Morgan fingerprint density at radius 3 is 2.65 bits per heavy atom. The number of amides is 1. The third kappa shape index (κ3) is 5.58. The maximum atomic E-state index is 12.5. The topological polar surface area (TPSA) is 115 Å². The summed E-state index contributed by atoms with van der Waals surface area (Å²) in [4.78, 5) is 27.8. The lowest BCUT2D eigenvalue weighted by Crippen LogP contribution is -2.33. The first kappa shape index (κ1) is 19.4. The summed E-state index contributed by atoms with van der Waals surface area (Å²) in [7, 11) is 0. The van der Waals surface area contributed by atoms with Crippen molar-refractivity contribution < 1.29 is 24.0 Å². The number of nitrogens with one attached hydrogen (secondary N) is 1. The SMILES string of the molecule is Cc1nc(COc2ccccc2C(=O)NCC(CC(C)C)C(=O)O)no1. The fourth-order valence-electron chi connectivity index (χ4n) is 2.47. The van der Waals surface area contributed by atoms with Crippen LogP contribution in [0.1, 0.15) is 42.3 Å². The minimum atomic E-state index is -0.920. The van der Waals surface area contributed by atoms with Gasteiger partial charge in [-0.15, -0.1) is 0 Å². The number of rotatable bonds is 9. The molecule has 8 nitrogen and oxygen atoms in total. The normalized spacial score (nSPS) is 12.0. The van der Waals surface area contributed by atoms with Gasteiger partial charge in [0, 0.05) is 13.5 Å². The number of aromatic nitrogens is 2. The Balaban J connectivity index is 2.00. The average Bonchev–Trinajstić information content (AvgIpc) is 3.01. The molecule has 1 heterocycles. The number of nitrogens with zero attached hydrogens (tertiary/aromatic N) is 2. The number of hydrogen-bond acceptors (Lipinski definition) is 6. The molecule has 0 fully saturated rings. The summed E-state index contributed by atoms with van der Waals surface area (Å²) >= 11 is 0. The molecule has 0 bridgehead atoms. The van der Waals surface area contributed by atoms with E-state index in [4.69, 9.17) is 9.26 Å². The van der Waals surface area contributed by atoms with Crippen LogP contribution in [0.2, 0.25) is 0 Å². The van der Waals surface area contributed by atoms with E-state index < -0.39 is 11.9 Å². The summed E-state index contributed by atoms with van der Waals surface area (Å²) in [5.41, 5.74) is 0.321. The summed E-state index contributed by atoms with van der Waals surface area (Å²) < 4.78 is 10.5. The van der Waals surface area contributed by atoms with E-state index in [2.05, 4.69) is 15.5 Å². The molecule has 1 aromatic carbocycles. The molecule has 0 saturated carbocycles. The van der Waals surface area contributed by atoms with Gasteiger partial charge in [0.1, 0.15) is 5.75 Å². The number of carbonyl (C=O) groups excluding carboxylic acids is 1.